The van der Waals surface area contributed by atoms with E-state index in [0.29, 0.717) is 11.5 Å². The topological polar surface area (TPSA) is 73.9 Å². The average Bonchev–Trinajstić information content (AvgIpc) is 3.13. The highest BCUT2D eigenvalue weighted by molar-refractivity contribution is 6.09. The molecule has 3 rings (SSSR count). The molecule has 158 valence electrons. The lowest BCUT2D eigenvalue weighted by Crippen LogP contribution is -2.13. The van der Waals surface area contributed by atoms with Crippen LogP contribution in [0.3, 0.4) is 0 Å². The van der Waals surface area contributed by atoms with Crippen LogP contribution in [0.5, 0.6) is 0 Å². The van der Waals surface area contributed by atoms with Crippen LogP contribution in [0.1, 0.15) is 67.4 Å². The van der Waals surface area contributed by atoms with Crippen LogP contribution in [0.15, 0.2) is 48.5 Å². The van der Waals surface area contributed by atoms with Crippen LogP contribution in [0.4, 0.5) is 0 Å². The van der Waals surface area contributed by atoms with Gasteiger partial charge in [0.2, 0.25) is 0 Å². The van der Waals surface area contributed by atoms with Crippen molar-refractivity contribution in [3.8, 4) is 23.3 Å². The van der Waals surface area contributed by atoms with Crippen LogP contribution in [0.25, 0.3) is 16.7 Å². The Morgan fingerprint density at radius 3 is 2.42 bits per heavy atom. The van der Waals surface area contributed by atoms with E-state index >= 15 is 0 Å². The van der Waals surface area contributed by atoms with E-state index in [1.54, 1.807) is 6.07 Å². The summed E-state index contributed by atoms with van der Waals surface area (Å²) in [6.07, 6.45) is 8.19. The second-order valence-electron chi connectivity index (χ2n) is 7.95. The molecule has 0 saturated heterocycles. The Kier molecular flexibility index (Phi) is 7.63. The molecule has 4 heteroatoms. The van der Waals surface area contributed by atoms with Crippen LogP contribution in [-0.4, -0.2) is 12.6 Å². The van der Waals surface area contributed by atoms with Crippen molar-refractivity contribution in [1.29, 1.82) is 10.5 Å². The van der Waals surface area contributed by atoms with Crippen molar-refractivity contribution in [1.82, 2.24) is 0 Å². The molecular weight excluding hydrogens is 384 g/mol. The maximum atomic E-state index is 12.8. The first-order valence-corrected chi connectivity index (χ1v) is 11.0. The fourth-order valence-electron chi connectivity index (χ4n) is 4.14. The van der Waals surface area contributed by atoms with E-state index in [9.17, 15) is 4.79 Å². The molecule has 4 nitrogen and oxygen atoms in total. The van der Waals surface area contributed by atoms with Gasteiger partial charge in [0.25, 0.3) is 0 Å². The SMILES string of the molecule is CCCCC(CC)CC=C1c2ccccc2-c2c(C(=O)OCC(C#N)C#N)cccc21. The monoisotopic (exact) mass is 412 g/mol. The zero-order valence-electron chi connectivity index (χ0n) is 18.2. The zero-order valence-corrected chi connectivity index (χ0v) is 18.2. The molecule has 0 radical (unpaired) electrons. The van der Waals surface area contributed by atoms with Crippen molar-refractivity contribution in [2.24, 2.45) is 11.8 Å². The van der Waals surface area contributed by atoms with E-state index in [4.69, 9.17) is 15.3 Å². The Hall–Kier alpha value is -3.37. The summed E-state index contributed by atoms with van der Waals surface area (Å²) in [5.74, 6) is -0.805. The largest absolute Gasteiger partial charge is 0.460 e. The van der Waals surface area contributed by atoms with Crippen molar-refractivity contribution in [2.45, 2.75) is 46.0 Å². The minimum Gasteiger partial charge on any atom is -0.460 e. The summed E-state index contributed by atoms with van der Waals surface area (Å²) in [5, 5.41) is 17.9. The molecule has 0 saturated carbocycles. The van der Waals surface area contributed by atoms with Gasteiger partial charge in [0.15, 0.2) is 5.92 Å². The second kappa shape index (κ2) is 10.6. The quantitative estimate of drug-likeness (QED) is 0.375. The van der Waals surface area contributed by atoms with E-state index in [1.165, 1.54) is 24.8 Å². The minimum absolute atomic E-state index is 0.227. The molecule has 2 aromatic rings. The van der Waals surface area contributed by atoms with E-state index in [-0.39, 0.29) is 6.61 Å². The Bertz CT molecular complexity index is 1040. The van der Waals surface area contributed by atoms with Gasteiger partial charge >= 0.3 is 5.97 Å². The molecule has 0 bridgehead atoms. The normalized spacial score (nSPS) is 13.9. The maximum absolute atomic E-state index is 12.8. The molecule has 0 amide bonds. The number of allylic oxidation sites excluding steroid dienone is 1. The van der Waals surface area contributed by atoms with Gasteiger partial charge in [-0.2, -0.15) is 10.5 Å². The first-order valence-electron chi connectivity index (χ1n) is 11.0. The van der Waals surface area contributed by atoms with E-state index in [0.717, 1.165) is 35.1 Å². The summed E-state index contributed by atoms with van der Waals surface area (Å²) in [5.41, 5.74) is 5.72. The number of nitriles is 2. The number of rotatable bonds is 9. The number of esters is 1. The van der Waals surface area contributed by atoms with Crippen LogP contribution in [0.2, 0.25) is 0 Å². The highest BCUT2D eigenvalue weighted by Gasteiger charge is 2.28. The van der Waals surface area contributed by atoms with Gasteiger partial charge in [-0.05, 0) is 40.7 Å². The summed E-state index contributed by atoms with van der Waals surface area (Å²) in [7, 11) is 0. The number of carbonyl (C=O) groups is 1. The molecule has 1 unspecified atom stereocenters. The molecule has 0 N–H and O–H groups in total. The number of carbonyl (C=O) groups excluding carboxylic acids is 1. The molecule has 0 aliphatic heterocycles. The number of hydrogen-bond acceptors (Lipinski definition) is 4. The number of ether oxygens (including phenoxy) is 1. The van der Waals surface area contributed by atoms with Crippen LogP contribution in [0, 0.1) is 34.5 Å². The number of benzene rings is 2. The minimum atomic E-state index is -0.961. The first kappa shape index (κ1) is 22.3. The Labute approximate surface area is 184 Å². The van der Waals surface area contributed by atoms with Gasteiger partial charge in [-0.1, -0.05) is 82.0 Å². The second-order valence-corrected chi connectivity index (χ2v) is 7.95. The number of nitrogens with zero attached hydrogens (tertiary/aromatic N) is 2. The molecule has 0 spiro atoms. The first-order chi connectivity index (χ1) is 15.1. The van der Waals surface area contributed by atoms with Gasteiger partial charge in [0, 0.05) is 5.56 Å². The maximum Gasteiger partial charge on any atom is 0.338 e. The average molecular weight is 413 g/mol. The number of hydrogen-bond donors (Lipinski definition) is 0. The van der Waals surface area contributed by atoms with Crippen LogP contribution in [-0.2, 0) is 4.74 Å². The third-order valence-corrected chi connectivity index (χ3v) is 5.95. The molecule has 2 aromatic carbocycles. The van der Waals surface area contributed by atoms with E-state index < -0.39 is 11.9 Å². The molecular formula is C27H28N2O2. The Morgan fingerprint density at radius 2 is 1.74 bits per heavy atom. The summed E-state index contributed by atoms with van der Waals surface area (Å²) < 4.78 is 5.30. The van der Waals surface area contributed by atoms with Crippen molar-refractivity contribution < 1.29 is 9.53 Å². The summed E-state index contributed by atoms with van der Waals surface area (Å²) in [6, 6.07) is 17.5. The molecule has 0 aromatic heterocycles. The number of fused-ring (bicyclic) bond motifs is 3. The summed E-state index contributed by atoms with van der Waals surface area (Å²) >= 11 is 0. The van der Waals surface area contributed by atoms with Gasteiger partial charge in [0.1, 0.15) is 6.61 Å². The van der Waals surface area contributed by atoms with Crippen LogP contribution < -0.4 is 0 Å². The zero-order chi connectivity index (χ0) is 22.2. The Morgan fingerprint density at radius 1 is 1.03 bits per heavy atom. The van der Waals surface area contributed by atoms with Gasteiger partial charge < -0.3 is 4.74 Å². The lowest BCUT2D eigenvalue weighted by Gasteiger charge is -2.13. The molecule has 1 aliphatic rings. The van der Waals surface area contributed by atoms with E-state index in [2.05, 4.69) is 32.1 Å². The highest BCUT2D eigenvalue weighted by Crippen LogP contribution is 2.46. The van der Waals surface area contributed by atoms with Crippen molar-refractivity contribution >= 4 is 11.5 Å². The predicted octanol–water partition coefficient (Wildman–Crippen LogP) is 6.53. The van der Waals surface area contributed by atoms with Gasteiger partial charge in [-0.15, -0.1) is 0 Å². The standard InChI is InChI=1S/C27H28N2O2/c1-3-5-9-19(4-2)14-15-22-21-10-6-7-11-23(21)26-24(22)12-8-13-25(26)27(30)31-18-20(16-28)17-29/h6-8,10-13,15,19-20H,3-5,9,14,18H2,1-2H3. The Balaban J connectivity index is 1.96. The third-order valence-electron chi connectivity index (χ3n) is 5.95. The van der Waals surface area contributed by atoms with E-state index in [1.807, 2.05) is 36.4 Å². The summed E-state index contributed by atoms with van der Waals surface area (Å²) in [6.45, 7) is 4.25. The molecule has 31 heavy (non-hydrogen) atoms. The fourth-order valence-corrected chi connectivity index (χ4v) is 4.14. The van der Waals surface area contributed by atoms with Crippen molar-refractivity contribution in [3.63, 3.8) is 0 Å². The smallest absolute Gasteiger partial charge is 0.338 e. The molecule has 1 aliphatic carbocycles. The van der Waals surface area contributed by atoms with Crippen molar-refractivity contribution in [3.05, 3.63) is 65.2 Å². The lowest BCUT2D eigenvalue weighted by atomic mass is 9.93. The molecule has 0 fully saturated rings. The summed E-state index contributed by atoms with van der Waals surface area (Å²) in [4.78, 5) is 12.8. The third kappa shape index (κ3) is 4.86. The van der Waals surface area contributed by atoms with Gasteiger partial charge in [-0.25, -0.2) is 4.79 Å². The number of unbranched alkanes of at least 4 members (excludes halogenated alkanes) is 1. The predicted molar refractivity (Wildman–Crippen MR) is 122 cm³/mol. The van der Waals surface area contributed by atoms with Gasteiger partial charge in [0.05, 0.1) is 17.7 Å². The highest BCUT2D eigenvalue weighted by atomic mass is 16.5. The molecule has 1 atom stereocenters. The van der Waals surface area contributed by atoms with Crippen LogP contribution >= 0.6 is 0 Å². The fraction of sp³-hybridized carbons (Fsp3) is 0.370. The van der Waals surface area contributed by atoms with Gasteiger partial charge in [-0.3, -0.25) is 0 Å². The molecule has 0 heterocycles. The van der Waals surface area contributed by atoms with Crippen molar-refractivity contribution in [2.75, 3.05) is 6.61 Å². The lowest BCUT2D eigenvalue weighted by molar-refractivity contribution is 0.0490.